The van der Waals surface area contributed by atoms with Gasteiger partial charge in [0.1, 0.15) is 0 Å². The van der Waals surface area contributed by atoms with Crippen LogP contribution in [0.3, 0.4) is 0 Å². The minimum absolute atomic E-state index is 0.279. The highest BCUT2D eigenvalue weighted by Crippen LogP contribution is 2.06. The van der Waals surface area contributed by atoms with Gasteiger partial charge in [-0.3, -0.25) is 4.79 Å². The van der Waals surface area contributed by atoms with Gasteiger partial charge < -0.3 is 10.0 Å². The Hall–Kier alpha value is -0.570. The van der Waals surface area contributed by atoms with E-state index in [2.05, 4.69) is 25.7 Å². The second kappa shape index (κ2) is 6.89. The van der Waals surface area contributed by atoms with Crippen molar-refractivity contribution in [1.29, 1.82) is 0 Å². The first kappa shape index (κ1) is 12.4. The summed E-state index contributed by atoms with van der Waals surface area (Å²) in [5.41, 5.74) is 0. The van der Waals surface area contributed by atoms with Crippen LogP contribution >= 0.6 is 0 Å². The summed E-state index contributed by atoms with van der Waals surface area (Å²) in [6.07, 6.45) is 2.16. The number of hydrogen-bond donors (Lipinski definition) is 1. The molecule has 0 aliphatic carbocycles. The Morgan fingerprint density at radius 3 is 2.46 bits per heavy atom. The van der Waals surface area contributed by atoms with Gasteiger partial charge in [0, 0.05) is 12.5 Å². The zero-order valence-corrected chi connectivity index (χ0v) is 8.92. The zero-order valence-electron chi connectivity index (χ0n) is 8.92. The highest BCUT2D eigenvalue weighted by atomic mass is 16.4. The molecule has 0 spiro atoms. The van der Waals surface area contributed by atoms with Gasteiger partial charge in [0.25, 0.3) is 0 Å². The predicted molar refractivity (Wildman–Crippen MR) is 53.9 cm³/mol. The Kier molecular flexibility index (Phi) is 6.59. The van der Waals surface area contributed by atoms with E-state index in [-0.39, 0.29) is 6.42 Å². The molecule has 3 nitrogen and oxygen atoms in total. The lowest BCUT2D eigenvalue weighted by molar-refractivity contribution is -0.137. The van der Waals surface area contributed by atoms with Gasteiger partial charge in [-0.25, -0.2) is 0 Å². The van der Waals surface area contributed by atoms with E-state index in [0.29, 0.717) is 6.04 Å². The van der Waals surface area contributed by atoms with Crippen molar-refractivity contribution in [3.05, 3.63) is 0 Å². The fourth-order valence-corrected chi connectivity index (χ4v) is 1.49. The maximum atomic E-state index is 10.4. The van der Waals surface area contributed by atoms with Crippen molar-refractivity contribution in [1.82, 2.24) is 4.90 Å². The number of carbonyl (C=O) groups is 1. The van der Waals surface area contributed by atoms with Crippen molar-refractivity contribution in [2.75, 3.05) is 13.1 Å². The SMILES string of the molecule is CCCN(CC)C(C)CCC(=O)O. The van der Waals surface area contributed by atoms with Crippen molar-refractivity contribution in [2.24, 2.45) is 0 Å². The first-order valence-corrected chi connectivity index (χ1v) is 5.07. The second-order valence-electron chi connectivity index (χ2n) is 3.41. The fraction of sp³-hybridized carbons (Fsp3) is 0.900. The third-order valence-electron chi connectivity index (χ3n) is 2.32. The minimum atomic E-state index is -0.695. The van der Waals surface area contributed by atoms with Crippen molar-refractivity contribution in [2.45, 2.75) is 46.1 Å². The molecule has 0 saturated carbocycles. The Balaban J connectivity index is 3.76. The normalized spacial score (nSPS) is 13.2. The maximum Gasteiger partial charge on any atom is 0.303 e. The van der Waals surface area contributed by atoms with Crippen molar-refractivity contribution in [3.8, 4) is 0 Å². The van der Waals surface area contributed by atoms with Crippen LogP contribution in [0.1, 0.15) is 40.0 Å². The summed E-state index contributed by atoms with van der Waals surface area (Å²) in [5.74, 6) is -0.695. The first-order chi connectivity index (χ1) is 6.11. The molecule has 0 heterocycles. The van der Waals surface area contributed by atoms with Crippen LogP contribution in [0.15, 0.2) is 0 Å². The molecular weight excluding hydrogens is 166 g/mol. The molecule has 0 aromatic heterocycles. The van der Waals surface area contributed by atoms with E-state index < -0.39 is 5.97 Å². The fourth-order valence-electron chi connectivity index (χ4n) is 1.49. The zero-order chi connectivity index (χ0) is 10.3. The van der Waals surface area contributed by atoms with E-state index in [1.807, 2.05) is 0 Å². The van der Waals surface area contributed by atoms with Gasteiger partial charge in [-0.05, 0) is 32.9 Å². The molecular formula is C10H21NO2. The minimum Gasteiger partial charge on any atom is -0.481 e. The maximum absolute atomic E-state index is 10.4. The molecule has 0 aromatic carbocycles. The average Bonchev–Trinajstić information content (AvgIpc) is 2.10. The molecule has 0 aliphatic heterocycles. The molecule has 0 aromatic rings. The van der Waals surface area contributed by atoms with E-state index in [1.54, 1.807) is 0 Å². The summed E-state index contributed by atoms with van der Waals surface area (Å²) in [6, 6.07) is 0.390. The highest BCUT2D eigenvalue weighted by molar-refractivity contribution is 5.66. The average molecular weight is 187 g/mol. The number of hydrogen-bond acceptors (Lipinski definition) is 2. The van der Waals surface area contributed by atoms with Gasteiger partial charge in [-0.2, -0.15) is 0 Å². The van der Waals surface area contributed by atoms with Gasteiger partial charge in [-0.1, -0.05) is 13.8 Å². The highest BCUT2D eigenvalue weighted by Gasteiger charge is 2.11. The van der Waals surface area contributed by atoms with Crippen molar-refractivity contribution >= 4 is 5.97 Å². The largest absolute Gasteiger partial charge is 0.481 e. The van der Waals surface area contributed by atoms with Gasteiger partial charge in [0.2, 0.25) is 0 Å². The molecule has 78 valence electrons. The molecule has 13 heavy (non-hydrogen) atoms. The lowest BCUT2D eigenvalue weighted by Gasteiger charge is -2.26. The molecule has 0 rings (SSSR count). The van der Waals surface area contributed by atoms with Crippen LogP contribution in [0.2, 0.25) is 0 Å². The summed E-state index contributed by atoms with van der Waals surface area (Å²) in [4.78, 5) is 12.7. The van der Waals surface area contributed by atoms with Crippen LogP contribution in [0.4, 0.5) is 0 Å². The van der Waals surface area contributed by atoms with E-state index in [4.69, 9.17) is 5.11 Å². The molecule has 3 heteroatoms. The molecule has 0 aliphatic rings. The predicted octanol–water partition coefficient (Wildman–Crippen LogP) is 1.97. The van der Waals surface area contributed by atoms with Crippen LogP contribution in [-0.2, 0) is 4.79 Å². The van der Waals surface area contributed by atoms with E-state index >= 15 is 0 Å². The Labute approximate surface area is 80.7 Å². The summed E-state index contributed by atoms with van der Waals surface area (Å²) in [5, 5.41) is 8.53. The molecule has 1 unspecified atom stereocenters. The van der Waals surface area contributed by atoms with E-state index in [0.717, 1.165) is 25.9 Å². The molecule has 0 amide bonds. The topological polar surface area (TPSA) is 40.5 Å². The lowest BCUT2D eigenvalue weighted by atomic mass is 10.1. The van der Waals surface area contributed by atoms with Crippen LogP contribution in [0, 0.1) is 0 Å². The van der Waals surface area contributed by atoms with Crippen molar-refractivity contribution in [3.63, 3.8) is 0 Å². The second-order valence-corrected chi connectivity index (χ2v) is 3.41. The molecule has 0 fully saturated rings. The number of aliphatic carboxylic acids is 1. The number of carboxylic acids is 1. The quantitative estimate of drug-likeness (QED) is 0.662. The standard InChI is InChI=1S/C10H21NO2/c1-4-8-11(5-2)9(3)6-7-10(12)13/h9H,4-8H2,1-3H3,(H,12,13). The molecule has 1 N–H and O–H groups in total. The monoisotopic (exact) mass is 187 g/mol. The Morgan fingerprint density at radius 1 is 1.46 bits per heavy atom. The van der Waals surface area contributed by atoms with E-state index in [1.165, 1.54) is 0 Å². The Bertz CT molecular complexity index is 148. The smallest absolute Gasteiger partial charge is 0.303 e. The summed E-state index contributed by atoms with van der Waals surface area (Å²) in [6.45, 7) is 8.44. The molecule has 0 radical (unpaired) electrons. The van der Waals surface area contributed by atoms with Crippen LogP contribution in [-0.4, -0.2) is 35.1 Å². The number of rotatable bonds is 7. The lowest BCUT2D eigenvalue weighted by Crippen LogP contribution is -2.33. The van der Waals surface area contributed by atoms with Crippen LogP contribution < -0.4 is 0 Å². The summed E-state index contributed by atoms with van der Waals surface area (Å²) in [7, 11) is 0. The van der Waals surface area contributed by atoms with Crippen molar-refractivity contribution < 1.29 is 9.90 Å². The van der Waals surface area contributed by atoms with E-state index in [9.17, 15) is 4.79 Å². The van der Waals surface area contributed by atoms with Crippen LogP contribution in [0.25, 0.3) is 0 Å². The number of nitrogens with zero attached hydrogens (tertiary/aromatic N) is 1. The third kappa shape index (κ3) is 5.64. The van der Waals surface area contributed by atoms with Crippen LogP contribution in [0.5, 0.6) is 0 Å². The van der Waals surface area contributed by atoms with Gasteiger partial charge >= 0.3 is 5.97 Å². The van der Waals surface area contributed by atoms with Gasteiger partial charge in [0.05, 0.1) is 0 Å². The van der Waals surface area contributed by atoms with Gasteiger partial charge in [-0.15, -0.1) is 0 Å². The Morgan fingerprint density at radius 2 is 2.08 bits per heavy atom. The third-order valence-corrected chi connectivity index (χ3v) is 2.32. The summed E-state index contributed by atoms with van der Waals surface area (Å²) >= 11 is 0. The van der Waals surface area contributed by atoms with Gasteiger partial charge in [0.15, 0.2) is 0 Å². The first-order valence-electron chi connectivity index (χ1n) is 5.07. The summed E-state index contributed by atoms with van der Waals surface area (Å²) < 4.78 is 0. The molecule has 1 atom stereocenters. The number of carboxylic acid groups (broad SMARTS) is 1. The molecule has 0 saturated heterocycles. The molecule has 0 bridgehead atoms.